The number of hydrogen-bond acceptors (Lipinski definition) is 3. The molecule has 5 rings (SSSR count). The van der Waals surface area contributed by atoms with Gasteiger partial charge in [0, 0.05) is 23.2 Å². The van der Waals surface area contributed by atoms with Crippen LogP contribution in [0.5, 0.6) is 0 Å². The Bertz CT molecular complexity index is 1120. The maximum absolute atomic E-state index is 12.2. The van der Waals surface area contributed by atoms with E-state index in [2.05, 4.69) is 59.5 Å². The van der Waals surface area contributed by atoms with E-state index in [-0.39, 0.29) is 5.91 Å². The monoisotopic (exact) mass is 416 g/mol. The molecule has 2 heterocycles. The highest BCUT2D eigenvalue weighted by Gasteiger charge is 2.28. The number of nitrogens with zero attached hydrogens (tertiary/aromatic N) is 1. The molecule has 5 heteroatoms. The molecule has 1 amide bonds. The van der Waals surface area contributed by atoms with E-state index in [0.717, 1.165) is 24.8 Å². The van der Waals surface area contributed by atoms with E-state index in [4.69, 9.17) is 5.73 Å². The molecule has 4 N–H and O–H groups in total. The van der Waals surface area contributed by atoms with Crippen molar-refractivity contribution in [2.45, 2.75) is 51.1 Å². The molecule has 3 aromatic rings. The number of rotatable bonds is 4. The highest BCUT2D eigenvalue weighted by atomic mass is 16.1. The van der Waals surface area contributed by atoms with Gasteiger partial charge in [-0.1, -0.05) is 30.3 Å². The van der Waals surface area contributed by atoms with Gasteiger partial charge in [0.1, 0.15) is 0 Å². The number of nitrogens with two attached hydrogens (primary N) is 1. The first-order valence-corrected chi connectivity index (χ1v) is 11.5. The molecule has 1 saturated heterocycles. The zero-order valence-corrected chi connectivity index (χ0v) is 18.5. The summed E-state index contributed by atoms with van der Waals surface area (Å²) in [5.74, 6) is -0.374. The number of carbonyl (C=O) groups excluding carboxylic acids is 1. The number of hydrogen-bond donors (Lipinski definition) is 3. The minimum Gasteiger partial charge on any atom is -0.366 e. The Hall–Kier alpha value is -2.63. The summed E-state index contributed by atoms with van der Waals surface area (Å²) in [7, 11) is 2.21. The van der Waals surface area contributed by atoms with Gasteiger partial charge >= 0.3 is 0 Å². The van der Waals surface area contributed by atoms with Crippen LogP contribution in [0.25, 0.3) is 22.0 Å². The zero-order chi connectivity index (χ0) is 21.5. The van der Waals surface area contributed by atoms with Crippen LogP contribution in [-0.4, -0.2) is 48.0 Å². The molecule has 1 fully saturated rings. The van der Waals surface area contributed by atoms with Crippen LogP contribution in [0.1, 0.15) is 46.4 Å². The van der Waals surface area contributed by atoms with Crippen molar-refractivity contribution >= 4 is 16.8 Å². The van der Waals surface area contributed by atoms with Crippen molar-refractivity contribution in [1.82, 2.24) is 15.2 Å². The number of aromatic nitrogens is 1. The number of H-pyrrole nitrogens is 1. The quantitative estimate of drug-likeness (QED) is 0.606. The van der Waals surface area contributed by atoms with E-state index in [0.29, 0.717) is 17.6 Å². The van der Waals surface area contributed by atoms with E-state index < -0.39 is 0 Å². The summed E-state index contributed by atoms with van der Waals surface area (Å²) in [6.07, 6.45) is 5.54. The molecule has 0 radical (unpaired) electrons. The van der Waals surface area contributed by atoms with Gasteiger partial charge in [-0.25, -0.2) is 0 Å². The summed E-state index contributed by atoms with van der Waals surface area (Å²) in [5.41, 5.74) is 13.5. The second-order valence-corrected chi connectivity index (χ2v) is 9.36. The van der Waals surface area contributed by atoms with Crippen LogP contribution in [0.2, 0.25) is 0 Å². The number of aryl methyl sites for hydroxylation is 2. The maximum atomic E-state index is 12.2. The van der Waals surface area contributed by atoms with Crippen LogP contribution in [-0.2, 0) is 12.8 Å². The molecule has 162 valence electrons. The van der Waals surface area contributed by atoms with Crippen molar-refractivity contribution in [2.24, 2.45) is 5.73 Å². The Kier molecular flexibility index (Phi) is 5.32. The lowest BCUT2D eigenvalue weighted by molar-refractivity contribution is 0.100. The van der Waals surface area contributed by atoms with Crippen LogP contribution in [0.4, 0.5) is 0 Å². The first kappa shape index (κ1) is 20.3. The number of piperidine rings is 1. The fraction of sp³-hybridized carbons (Fsp3) is 0.423. The third-order valence-corrected chi connectivity index (χ3v) is 7.23. The summed E-state index contributed by atoms with van der Waals surface area (Å²) < 4.78 is 0. The molecule has 1 unspecified atom stereocenters. The van der Waals surface area contributed by atoms with Crippen molar-refractivity contribution in [3.8, 4) is 11.1 Å². The van der Waals surface area contributed by atoms with Gasteiger partial charge in [0.05, 0.1) is 11.1 Å². The lowest BCUT2D eigenvalue weighted by Crippen LogP contribution is -2.46. The third kappa shape index (κ3) is 3.77. The van der Waals surface area contributed by atoms with Crippen LogP contribution in [0, 0.1) is 6.92 Å². The van der Waals surface area contributed by atoms with Gasteiger partial charge in [-0.05, 0) is 87.5 Å². The smallest absolute Gasteiger partial charge is 0.250 e. The zero-order valence-electron chi connectivity index (χ0n) is 18.5. The Morgan fingerprint density at radius 2 is 1.84 bits per heavy atom. The Morgan fingerprint density at radius 1 is 1.06 bits per heavy atom. The van der Waals surface area contributed by atoms with Gasteiger partial charge in [-0.2, -0.15) is 0 Å². The highest BCUT2D eigenvalue weighted by molar-refractivity contribution is 6.11. The van der Waals surface area contributed by atoms with Crippen molar-refractivity contribution < 1.29 is 4.79 Å². The number of primary amides is 1. The molecule has 2 aliphatic rings. The van der Waals surface area contributed by atoms with Gasteiger partial charge in [0.25, 0.3) is 5.91 Å². The van der Waals surface area contributed by atoms with Gasteiger partial charge in [0.2, 0.25) is 0 Å². The number of carbonyl (C=O) groups is 1. The third-order valence-electron chi connectivity index (χ3n) is 7.23. The first-order chi connectivity index (χ1) is 15.0. The minimum absolute atomic E-state index is 0.374. The molecular weight excluding hydrogens is 384 g/mol. The van der Waals surface area contributed by atoms with Crippen LogP contribution in [0.3, 0.4) is 0 Å². The number of likely N-dealkylation sites (tertiary alicyclic amines) is 1. The lowest BCUT2D eigenvalue weighted by Gasteiger charge is -2.34. The predicted octanol–water partition coefficient (Wildman–Crippen LogP) is 3.78. The highest BCUT2D eigenvalue weighted by Crippen LogP contribution is 2.39. The molecule has 1 aliphatic heterocycles. The fourth-order valence-corrected chi connectivity index (χ4v) is 5.48. The predicted molar refractivity (Wildman–Crippen MR) is 126 cm³/mol. The van der Waals surface area contributed by atoms with E-state index >= 15 is 0 Å². The van der Waals surface area contributed by atoms with Crippen molar-refractivity contribution in [3.63, 3.8) is 0 Å². The number of nitrogens with one attached hydrogen (secondary N) is 2. The van der Waals surface area contributed by atoms with Crippen molar-refractivity contribution in [1.29, 1.82) is 0 Å². The Morgan fingerprint density at radius 3 is 2.58 bits per heavy atom. The van der Waals surface area contributed by atoms with Gasteiger partial charge in [-0.3, -0.25) is 4.79 Å². The Balaban J connectivity index is 1.56. The molecule has 0 spiro atoms. The maximum Gasteiger partial charge on any atom is 0.250 e. The Labute approximate surface area is 184 Å². The van der Waals surface area contributed by atoms with E-state index in [9.17, 15) is 4.79 Å². The standard InChI is InChI=1S/C26H32N4O/c1-16-5-3-4-6-19(16)20-8-9-21(26(27)31)25-24(20)22-15-18(7-10-23(22)29-25)28-17-11-13-30(2)14-12-17/h3-6,8-9,17-18,28-29H,7,10-15H2,1-2H3,(H2,27,31). The molecule has 1 aliphatic carbocycles. The molecule has 2 aromatic carbocycles. The topological polar surface area (TPSA) is 74.1 Å². The van der Waals surface area contributed by atoms with Gasteiger partial charge < -0.3 is 20.9 Å². The summed E-state index contributed by atoms with van der Waals surface area (Å²) in [6, 6.07) is 13.5. The van der Waals surface area contributed by atoms with Crippen molar-refractivity contribution in [3.05, 3.63) is 58.8 Å². The lowest BCUT2D eigenvalue weighted by atomic mass is 9.87. The summed E-state index contributed by atoms with van der Waals surface area (Å²) in [5, 5.41) is 5.13. The molecule has 1 aromatic heterocycles. The second-order valence-electron chi connectivity index (χ2n) is 9.36. The van der Waals surface area contributed by atoms with Crippen molar-refractivity contribution in [2.75, 3.05) is 20.1 Å². The number of fused-ring (bicyclic) bond motifs is 3. The summed E-state index contributed by atoms with van der Waals surface area (Å²) >= 11 is 0. The van der Waals surface area contributed by atoms with Crippen LogP contribution >= 0.6 is 0 Å². The molecule has 1 atom stereocenters. The van der Waals surface area contributed by atoms with Crippen LogP contribution < -0.4 is 11.1 Å². The number of amides is 1. The molecule has 0 bridgehead atoms. The molecule has 5 nitrogen and oxygen atoms in total. The molecule has 31 heavy (non-hydrogen) atoms. The largest absolute Gasteiger partial charge is 0.366 e. The second kappa shape index (κ2) is 8.13. The normalized spacial score (nSPS) is 20.1. The van der Waals surface area contributed by atoms with Gasteiger partial charge in [0.15, 0.2) is 0 Å². The van der Waals surface area contributed by atoms with E-state index in [1.807, 2.05) is 6.07 Å². The fourth-order valence-electron chi connectivity index (χ4n) is 5.48. The average molecular weight is 417 g/mol. The van der Waals surface area contributed by atoms with Gasteiger partial charge in [-0.15, -0.1) is 0 Å². The first-order valence-electron chi connectivity index (χ1n) is 11.5. The number of benzene rings is 2. The summed E-state index contributed by atoms with van der Waals surface area (Å²) in [4.78, 5) is 18.2. The molecular formula is C26H32N4O. The molecule has 0 saturated carbocycles. The minimum atomic E-state index is -0.374. The van der Waals surface area contributed by atoms with Crippen LogP contribution in [0.15, 0.2) is 36.4 Å². The number of aromatic amines is 1. The summed E-state index contributed by atoms with van der Waals surface area (Å²) in [6.45, 7) is 4.48. The average Bonchev–Trinajstić information content (AvgIpc) is 3.14. The van der Waals surface area contributed by atoms with E-state index in [1.54, 1.807) is 0 Å². The van der Waals surface area contributed by atoms with E-state index in [1.165, 1.54) is 59.3 Å². The SMILES string of the molecule is Cc1ccccc1-c1ccc(C(N)=O)c2[nH]c3c(c12)CC(NC1CCN(C)CC1)CC3.